The second-order valence-corrected chi connectivity index (χ2v) is 11.2. The predicted molar refractivity (Wildman–Crippen MR) is 129 cm³/mol. The Hall–Kier alpha value is -2.35. The van der Waals surface area contributed by atoms with Gasteiger partial charge in [-0.2, -0.15) is 0 Å². The summed E-state index contributed by atoms with van der Waals surface area (Å²) < 4.78 is 22.5. The number of rotatable bonds is 6. The van der Waals surface area contributed by atoms with Crippen LogP contribution < -0.4 is 4.72 Å². The molecule has 0 bridgehead atoms. The first-order valence-electron chi connectivity index (χ1n) is 10.0. The minimum absolute atomic E-state index is 0.228. The van der Waals surface area contributed by atoms with Gasteiger partial charge in [-0.05, 0) is 62.7 Å². The fourth-order valence-electron chi connectivity index (χ4n) is 3.37. The lowest BCUT2D eigenvalue weighted by molar-refractivity contribution is 0.459. The standard InChI is InChI=1S/C24H24BrN3O2S/c1-24(2,3)31(29)28-21(15-17-8-6-7-13-26-17)18-12-11-16(25)14-20(18)23-19-9-4-5-10-22(19)30-27-23/h4-14,21,28H,15H2,1-3H3/t21-,31-/m0/s1. The van der Waals surface area contributed by atoms with Gasteiger partial charge in [0.2, 0.25) is 0 Å². The van der Waals surface area contributed by atoms with Crippen LogP contribution in [0.25, 0.3) is 22.2 Å². The molecule has 0 aliphatic heterocycles. The van der Waals surface area contributed by atoms with E-state index < -0.39 is 15.7 Å². The summed E-state index contributed by atoms with van der Waals surface area (Å²) in [7, 11) is -1.26. The van der Waals surface area contributed by atoms with Gasteiger partial charge in [-0.3, -0.25) is 4.98 Å². The number of hydrogen-bond acceptors (Lipinski definition) is 4. The fraction of sp³-hybridized carbons (Fsp3) is 0.250. The smallest absolute Gasteiger partial charge is 0.167 e. The van der Waals surface area contributed by atoms with Crippen molar-refractivity contribution < 1.29 is 8.73 Å². The highest BCUT2D eigenvalue weighted by atomic mass is 79.9. The van der Waals surface area contributed by atoms with E-state index in [-0.39, 0.29) is 6.04 Å². The summed E-state index contributed by atoms with van der Waals surface area (Å²) in [4.78, 5) is 4.49. The van der Waals surface area contributed by atoms with Gasteiger partial charge in [-0.25, -0.2) is 8.93 Å². The maximum absolute atomic E-state index is 13.1. The molecule has 2 atom stereocenters. The number of pyridine rings is 1. The van der Waals surface area contributed by atoms with Gasteiger partial charge in [-0.15, -0.1) is 0 Å². The van der Waals surface area contributed by atoms with Crippen LogP contribution in [-0.2, 0) is 17.4 Å². The number of nitrogens with one attached hydrogen (secondary N) is 1. The van der Waals surface area contributed by atoms with Crippen molar-refractivity contribution >= 4 is 37.9 Å². The normalized spacial score (nSPS) is 13.9. The first-order chi connectivity index (χ1) is 14.8. The van der Waals surface area contributed by atoms with Crippen LogP contribution in [0.15, 0.2) is 75.9 Å². The highest BCUT2D eigenvalue weighted by Crippen LogP contribution is 2.36. The van der Waals surface area contributed by atoms with E-state index in [4.69, 9.17) is 4.52 Å². The summed E-state index contributed by atoms with van der Waals surface area (Å²) in [5.74, 6) is 0. The third-order valence-corrected chi connectivity index (χ3v) is 7.07. The molecule has 2 aromatic carbocycles. The molecule has 5 nitrogen and oxygen atoms in total. The predicted octanol–water partition coefficient (Wildman–Crippen LogP) is 5.99. The van der Waals surface area contributed by atoms with Crippen LogP contribution in [0.4, 0.5) is 0 Å². The van der Waals surface area contributed by atoms with E-state index in [9.17, 15) is 4.21 Å². The first kappa shape index (κ1) is 21.9. The number of nitrogens with zero attached hydrogens (tertiary/aromatic N) is 2. The minimum atomic E-state index is -1.26. The van der Waals surface area contributed by atoms with Crippen molar-refractivity contribution in [3.05, 3.63) is 82.6 Å². The molecule has 4 rings (SSSR count). The molecule has 7 heteroatoms. The maximum atomic E-state index is 13.1. The van der Waals surface area contributed by atoms with E-state index in [2.05, 4.69) is 30.8 Å². The Kier molecular flexibility index (Phi) is 6.36. The van der Waals surface area contributed by atoms with Gasteiger partial charge in [0.05, 0.1) is 21.8 Å². The number of para-hydroxylation sites is 1. The van der Waals surface area contributed by atoms with Gasteiger partial charge in [0.25, 0.3) is 0 Å². The van der Waals surface area contributed by atoms with Crippen LogP contribution in [0.2, 0.25) is 0 Å². The van der Waals surface area contributed by atoms with Gasteiger partial charge < -0.3 is 4.52 Å². The molecule has 0 fully saturated rings. The molecule has 0 radical (unpaired) electrons. The van der Waals surface area contributed by atoms with Crippen molar-refractivity contribution in [3.63, 3.8) is 0 Å². The zero-order chi connectivity index (χ0) is 22.0. The van der Waals surface area contributed by atoms with Crippen molar-refractivity contribution in [2.45, 2.75) is 38.0 Å². The Balaban J connectivity index is 1.83. The molecule has 0 unspecified atom stereocenters. The zero-order valence-corrected chi connectivity index (χ0v) is 20.0. The summed E-state index contributed by atoms with van der Waals surface area (Å²) in [5, 5.41) is 5.31. The third-order valence-electron chi connectivity index (χ3n) is 4.97. The van der Waals surface area contributed by atoms with Gasteiger partial charge in [0, 0.05) is 33.7 Å². The Morgan fingerprint density at radius 3 is 2.61 bits per heavy atom. The molecule has 2 heterocycles. The lowest BCUT2D eigenvalue weighted by Crippen LogP contribution is -2.36. The van der Waals surface area contributed by atoms with Crippen LogP contribution in [0.1, 0.15) is 38.1 Å². The molecule has 31 heavy (non-hydrogen) atoms. The molecular weight excluding hydrogens is 474 g/mol. The van der Waals surface area contributed by atoms with Crippen molar-refractivity contribution in [2.75, 3.05) is 0 Å². The van der Waals surface area contributed by atoms with E-state index in [1.54, 1.807) is 6.20 Å². The van der Waals surface area contributed by atoms with Crippen LogP contribution in [-0.4, -0.2) is 19.1 Å². The third kappa shape index (κ3) is 4.95. The monoisotopic (exact) mass is 497 g/mol. The number of halogens is 1. The maximum Gasteiger partial charge on any atom is 0.167 e. The molecule has 4 aromatic rings. The molecule has 2 aromatic heterocycles. The zero-order valence-electron chi connectivity index (χ0n) is 17.6. The summed E-state index contributed by atoms with van der Waals surface area (Å²) in [6, 6.07) is 19.5. The fourth-order valence-corrected chi connectivity index (χ4v) is 4.55. The minimum Gasteiger partial charge on any atom is -0.356 e. The number of benzene rings is 2. The number of aromatic nitrogens is 2. The van der Waals surface area contributed by atoms with Gasteiger partial charge in [0.1, 0.15) is 5.69 Å². The SMILES string of the molecule is CC(C)(C)[S@](=O)N[C@@H](Cc1ccccn1)c1ccc(Br)cc1-c1noc2ccccc12. The van der Waals surface area contributed by atoms with Crippen LogP contribution >= 0.6 is 15.9 Å². The largest absolute Gasteiger partial charge is 0.356 e. The van der Waals surface area contributed by atoms with Crippen molar-refractivity contribution in [2.24, 2.45) is 0 Å². The average molecular weight is 498 g/mol. The average Bonchev–Trinajstić information content (AvgIpc) is 3.17. The summed E-state index contributed by atoms with van der Waals surface area (Å²) in [6.45, 7) is 5.88. The molecule has 0 spiro atoms. The lowest BCUT2D eigenvalue weighted by atomic mass is 9.94. The molecule has 1 N–H and O–H groups in total. The van der Waals surface area contributed by atoms with Crippen LogP contribution in [0, 0.1) is 0 Å². The highest BCUT2D eigenvalue weighted by molar-refractivity contribution is 9.10. The van der Waals surface area contributed by atoms with Gasteiger partial charge in [-0.1, -0.05) is 45.4 Å². The second-order valence-electron chi connectivity index (χ2n) is 8.34. The summed E-state index contributed by atoms with van der Waals surface area (Å²) in [6.07, 6.45) is 2.37. The quantitative estimate of drug-likeness (QED) is 0.355. The van der Waals surface area contributed by atoms with Crippen molar-refractivity contribution in [1.29, 1.82) is 0 Å². The Morgan fingerprint density at radius 2 is 1.87 bits per heavy atom. The van der Waals surface area contributed by atoms with Crippen LogP contribution in [0.3, 0.4) is 0 Å². The number of hydrogen-bond donors (Lipinski definition) is 1. The summed E-state index contributed by atoms with van der Waals surface area (Å²) >= 11 is 3.59. The van der Waals surface area contributed by atoms with E-state index in [1.165, 1.54) is 0 Å². The molecule has 0 aliphatic carbocycles. The summed E-state index contributed by atoms with van der Waals surface area (Å²) in [5.41, 5.74) is 4.34. The first-order valence-corrected chi connectivity index (χ1v) is 12.0. The molecular formula is C24H24BrN3O2S. The molecule has 160 valence electrons. The topological polar surface area (TPSA) is 68.0 Å². The molecule has 0 saturated heterocycles. The van der Waals surface area contributed by atoms with E-state index in [0.29, 0.717) is 6.42 Å². The Labute approximate surface area is 193 Å². The molecule has 0 saturated carbocycles. The second kappa shape index (κ2) is 9.02. The van der Waals surface area contributed by atoms with Gasteiger partial charge >= 0.3 is 0 Å². The van der Waals surface area contributed by atoms with Crippen molar-refractivity contribution in [1.82, 2.24) is 14.9 Å². The van der Waals surface area contributed by atoms with Crippen LogP contribution in [0.5, 0.6) is 0 Å². The van der Waals surface area contributed by atoms with Gasteiger partial charge in [0.15, 0.2) is 5.58 Å². The lowest BCUT2D eigenvalue weighted by Gasteiger charge is -2.26. The Morgan fingerprint density at radius 1 is 1.10 bits per heavy atom. The number of fused-ring (bicyclic) bond motifs is 1. The van der Waals surface area contributed by atoms with E-state index in [1.807, 2.05) is 81.4 Å². The molecule has 0 aliphatic rings. The molecule has 0 amide bonds. The van der Waals surface area contributed by atoms with E-state index >= 15 is 0 Å². The Bertz CT molecular complexity index is 1220. The van der Waals surface area contributed by atoms with E-state index in [0.717, 1.165) is 38.0 Å². The van der Waals surface area contributed by atoms with Crippen molar-refractivity contribution in [3.8, 4) is 11.3 Å². The highest BCUT2D eigenvalue weighted by Gasteiger charge is 2.27.